The number of hydrogen-bond acceptors (Lipinski definition) is 7. The van der Waals surface area contributed by atoms with Gasteiger partial charge in [-0.3, -0.25) is 0 Å². The Kier molecular flexibility index (Phi) is 5.47. The summed E-state index contributed by atoms with van der Waals surface area (Å²) >= 11 is 0. The predicted molar refractivity (Wildman–Crippen MR) is 105 cm³/mol. The van der Waals surface area contributed by atoms with Crippen LogP contribution in [0.3, 0.4) is 0 Å². The predicted octanol–water partition coefficient (Wildman–Crippen LogP) is 3.40. The Labute approximate surface area is 172 Å². The summed E-state index contributed by atoms with van der Waals surface area (Å²) in [5, 5.41) is 12.0. The van der Waals surface area contributed by atoms with Gasteiger partial charge in [0.15, 0.2) is 0 Å². The van der Waals surface area contributed by atoms with E-state index in [2.05, 4.69) is 33.3 Å². The summed E-state index contributed by atoms with van der Waals surface area (Å²) in [7, 11) is 2.06. The highest BCUT2D eigenvalue weighted by atomic mass is 19.4. The lowest BCUT2D eigenvalue weighted by molar-refractivity contribution is -0.137. The molecule has 2 aromatic rings. The molecule has 2 aromatic heterocycles. The van der Waals surface area contributed by atoms with Gasteiger partial charge in [0.25, 0.3) is 0 Å². The molecule has 0 bridgehead atoms. The molecule has 7 nitrogen and oxygen atoms in total. The molecule has 4 rings (SSSR count). The number of aromatic nitrogens is 3. The summed E-state index contributed by atoms with van der Waals surface area (Å²) in [4.78, 5) is 17.4. The summed E-state index contributed by atoms with van der Waals surface area (Å²) in [6, 6.07) is 5.91. The van der Waals surface area contributed by atoms with E-state index in [1.54, 1.807) is 6.07 Å². The number of piperidine rings is 1. The van der Waals surface area contributed by atoms with Gasteiger partial charge in [0.2, 0.25) is 5.95 Å². The summed E-state index contributed by atoms with van der Waals surface area (Å²) in [6.07, 6.45) is -1.28. The summed E-state index contributed by atoms with van der Waals surface area (Å²) in [5.74, 6) is 1.12. The zero-order valence-corrected chi connectivity index (χ0v) is 16.5. The minimum atomic E-state index is -4.45. The number of alkyl halides is 3. The van der Waals surface area contributed by atoms with E-state index in [0.29, 0.717) is 24.9 Å². The Bertz CT molecular complexity index is 950. The first kappa shape index (κ1) is 20.3. The van der Waals surface area contributed by atoms with Crippen LogP contribution >= 0.6 is 0 Å². The molecule has 0 saturated carbocycles. The van der Waals surface area contributed by atoms with Crippen molar-refractivity contribution in [2.75, 3.05) is 43.4 Å². The Balaban J connectivity index is 1.63. The Morgan fingerprint density at radius 1 is 1.17 bits per heavy atom. The first-order valence-corrected chi connectivity index (χ1v) is 9.84. The number of halogens is 3. The number of likely N-dealkylation sites (tertiary alicyclic amines) is 1. The summed E-state index contributed by atoms with van der Waals surface area (Å²) in [5.41, 5.74) is 0.0736. The lowest BCUT2D eigenvalue weighted by Gasteiger charge is -2.36. The van der Waals surface area contributed by atoms with E-state index in [-0.39, 0.29) is 17.7 Å². The van der Waals surface area contributed by atoms with Gasteiger partial charge < -0.3 is 15.1 Å². The fourth-order valence-electron chi connectivity index (χ4n) is 3.81. The normalized spacial score (nSPS) is 20.5. The average molecular weight is 417 g/mol. The molecule has 1 N–H and O–H groups in total. The van der Waals surface area contributed by atoms with Crippen LogP contribution in [0.25, 0.3) is 0 Å². The van der Waals surface area contributed by atoms with E-state index in [1.165, 1.54) is 0 Å². The van der Waals surface area contributed by atoms with Gasteiger partial charge in [0, 0.05) is 37.8 Å². The van der Waals surface area contributed by atoms with Crippen molar-refractivity contribution < 1.29 is 13.2 Å². The second-order valence-corrected chi connectivity index (χ2v) is 7.86. The lowest BCUT2D eigenvalue weighted by Crippen LogP contribution is -2.47. The third-order valence-corrected chi connectivity index (χ3v) is 5.47. The van der Waals surface area contributed by atoms with Crippen LogP contribution in [-0.2, 0) is 6.18 Å². The molecule has 158 valence electrons. The Hall–Kier alpha value is -2.93. The van der Waals surface area contributed by atoms with Crippen molar-refractivity contribution in [2.45, 2.75) is 24.9 Å². The molecule has 0 amide bonds. The molecular weight excluding hydrogens is 395 g/mol. The number of anilines is 3. The monoisotopic (exact) mass is 417 g/mol. The molecule has 0 radical (unpaired) electrons. The number of nitrogens with zero attached hydrogens (tertiary/aromatic N) is 6. The SMILES string of the molecule is CN1CCCC(c2cc(Nc3cc(C(F)(F)F)ccn3)nc(N3CC(C#N)C3)n2)C1. The molecule has 1 atom stereocenters. The molecule has 0 aromatic carbocycles. The number of pyridine rings is 1. The molecular formula is C20H22F3N7. The molecule has 0 spiro atoms. The summed E-state index contributed by atoms with van der Waals surface area (Å²) < 4.78 is 39.1. The van der Waals surface area contributed by atoms with Crippen LogP contribution in [0.4, 0.5) is 30.8 Å². The lowest BCUT2D eigenvalue weighted by atomic mass is 9.94. The van der Waals surface area contributed by atoms with Crippen molar-refractivity contribution in [2.24, 2.45) is 5.92 Å². The van der Waals surface area contributed by atoms with Gasteiger partial charge in [-0.25, -0.2) is 9.97 Å². The zero-order chi connectivity index (χ0) is 21.3. The smallest absolute Gasteiger partial charge is 0.338 e. The van der Waals surface area contributed by atoms with E-state index in [1.807, 2.05) is 4.90 Å². The molecule has 10 heteroatoms. The van der Waals surface area contributed by atoms with Gasteiger partial charge in [-0.1, -0.05) is 0 Å². The minimum Gasteiger partial charge on any atom is -0.338 e. The largest absolute Gasteiger partial charge is 0.416 e. The van der Waals surface area contributed by atoms with E-state index in [0.717, 1.165) is 50.0 Å². The van der Waals surface area contributed by atoms with Crippen molar-refractivity contribution in [3.8, 4) is 6.07 Å². The van der Waals surface area contributed by atoms with Crippen LogP contribution in [0.5, 0.6) is 0 Å². The van der Waals surface area contributed by atoms with E-state index < -0.39 is 11.7 Å². The van der Waals surface area contributed by atoms with Crippen LogP contribution in [0, 0.1) is 17.2 Å². The van der Waals surface area contributed by atoms with Gasteiger partial charge in [-0.05, 0) is 38.6 Å². The van der Waals surface area contributed by atoms with Crippen LogP contribution in [-0.4, -0.2) is 53.1 Å². The fraction of sp³-hybridized carbons (Fsp3) is 0.500. The zero-order valence-electron chi connectivity index (χ0n) is 16.5. The molecule has 1 unspecified atom stereocenters. The number of rotatable bonds is 4. The van der Waals surface area contributed by atoms with Gasteiger partial charge in [-0.2, -0.15) is 23.4 Å². The third-order valence-electron chi connectivity index (χ3n) is 5.47. The number of nitriles is 1. The highest BCUT2D eigenvalue weighted by Gasteiger charge is 2.32. The number of likely N-dealkylation sites (N-methyl/N-ethyl adjacent to an activating group) is 1. The van der Waals surface area contributed by atoms with Crippen molar-refractivity contribution in [3.05, 3.63) is 35.7 Å². The van der Waals surface area contributed by atoms with Crippen LogP contribution in [0.15, 0.2) is 24.4 Å². The molecule has 4 heterocycles. The maximum Gasteiger partial charge on any atom is 0.416 e. The topological polar surface area (TPSA) is 81.0 Å². The maximum atomic E-state index is 13.0. The van der Waals surface area contributed by atoms with Gasteiger partial charge in [0.05, 0.1) is 23.2 Å². The standard InChI is InChI=1S/C20H22F3N7/c1-29-6-2-3-14(12-29)16-8-18(28-19(26-16)30-10-13(9-24)11-30)27-17-7-15(4-5-25-17)20(21,22)23/h4-5,7-8,13-14H,2-3,6,10-12H2,1H3,(H,25,26,27,28). The molecule has 30 heavy (non-hydrogen) atoms. The maximum absolute atomic E-state index is 13.0. The second-order valence-electron chi connectivity index (χ2n) is 7.86. The quantitative estimate of drug-likeness (QED) is 0.817. The van der Waals surface area contributed by atoms with Crippen LogP contribution < -0.4 is 10.2 Å². The first-order valence-electron chi connectivity index (χ1n) is 9.84. The summed E-state index contributed by atoms with van der Waals surface area (Å²) in [6.45, 7) is 2.99. The Morgan fingerprint density at radius 3 is 2.67 bits per heavy atom. The van der Waals surface area contributed by atoms with Crippen molar-refractivity contribution in [3.63, 3.8) is 0 Å². The van der Waals surface area contributed by atoms with Crippen molar-refractivity contribution in [1.29, 1.82) is 5.26 Å². The highest BCUT2D eigenvalue weighted by molar-refractivity contribution is 5.56. The minimum absolute atomic E-state index is 0.0559. The second kappa shape index (κ2) is 8.07. The molecule has 2 aliphatic rings. The number of hydrogen-bond donors (Lipinski definition) is 1. The van der Waals surface area contributed by atoms with E-state index in [9.17, 15) is 13.2 Å². The molecule has 2 saturated heterocycles. The third kappa shape index (κ3) is 4.46. The van der Waals surface area contributed by atoms with E-state index in [4.69, 9.17) is 10.2 Å². The van der Waals surface area contributed by atoms with Crippen molar-refractivity contribution in [1.82, 2.24) is 19.9 Å². The van der Waals surface area contributed by atoms with Gasteiger partial charge >= 0.3 is 6.18 Å². The molecule has 2 aliphatic heterocycles. The van der Waals surface area contributed by atoms with Gasteiger partial charge in [0.1, 0.15) is 11.6 Å². The fourth-order valence-corrected chi connectivity index (χ4v) is 3.81. The van der Waals surface area contributed by atoms with Crippen LogP contribution in [0.1, 0.15) is 30.0 Å². The first-order chi connectivity index (χ1) is 14.3. The molecule has 0 aliphatic carbocycles. The Morgan fingerprint density at radius 2 is 1.97 bits per heavy atom. The van der Waals surface area contributed by atoms with E-state index >= 15 is 0 Å². The molecule has 2 fully saturated rings. The van der Waals surface area contributed by atoms with Crippen LogP contribution in [0.2, 0.25) is 0 Å². The average Bonchev–Trinajstić information content (AvgIpc) is 2.67. The highest BCUT2D eigenvalue weighted by Crippen LogP contribution is 2.32. The van der Waals surface area contributed by atoms with Crippen molar-refractivity contribution >= 4 is 17.6 Å². The van der Waals surface area contributed by atoms with Gasteiger partial charge in [-0.15, -0.1) is 0 Å². The number of nitrogens with one attached hydrogen (secondary N) is 1.